The molecule has 4 heterocycles. The summed E-state index contributed by atoms with van der Waals surface area (Å²) in [5.41, 5.74) is 5.06. The number of carbonyl (C=O) groups is 1. The molecule has 0 aliphatic heterocycles. The highest BCUT2D eigenvalue weighted by Gasteiger charge is 2.18. The number of carbonyl (C=O) groups excluding carboxylic acids is 1. The predicted octanol–water partition coefficient (Wildman–Crippen LogP) is 4.53. The van der Waals surface area contributed by atoms with Crippen LogP contribution in [0.15, 0.2) is 67.1 Å². The van der Waals surface area contributed by atoms with Crippen molar-refractivity contribution in [2.45, 2.75) is 6.54 Å². The van der Waals surface area contributed by atoms with Gasteiger partial charge in [0.15, 0.2) is 11.6 Å². The van der Waals surface area contributed by atoms with Gasteiger partial charge in [-0.15, -0.1) is 11.3 Å². The topological polar surface area (TPSA) is 154 Å². The molecule has 40 heavy (non-hydrogen) atoms. The zero-order valence-electron chi connectivity index (χ0n) is 21.4. The summed E-state index contributed by atoms with van der Waals surface area (Å²) in [7, 11) is 3.49. The lowest BCUT2D eigenvalue weighted by molar-refractivity contribution is 0.0705. The molecule has 200 valence electrons. The third-order valence-electron chi connectivity index (χ3n) is 6.24. The van der Waals surface area contributed by atoms with Crippen LogP contribution in [0.3, 0.4) is 0 Å². The SMILES string of the molecule is COc1ccccc1Nc1nc(-c2cccc3[nH]ncc23)nc2cc(CN(C)c3ncc(C(=O)NO)cn3)sc12. The molecule has 4 aromatic heterocycles. The maximum absolute atomic E-state index is 11.6. The largest absolute Gasteiger partial charge is 0.495 e. The molecule has 0 fully saturated rings. The number of hydrogen-bond acceptors (Lipinski definition) is 11. The quantitative estimate of drug-likeness (QED) is 0.156. The van der Waals surface area contributed by atoms with Gasteiger partial charge in [-0.1, -0.05) is 24.3 Å². The van der Waals surface area contributed by atoms with Gasteiger partial charge in [0.05, 0.1) is 46.8 Å². The number of amides is 1. The number of para-hydroxylation sites is 2. The number of H-pyrrole nitrogens is 1. The highest BCUT2D eigenvalue weighted by molar-refractivity contribution is 7.19. The number of hydrogen-bond donors (Lipinski definition) is 4. The van der Waals surface area contributed by atoms with E-state index >= 15 is 0 Å². The van der Waals surface area contributed by atoms with Crippen LogP contribution in [-0.4, -0.2) is 55.4 Å². The van der Waals surface area contributed by atoms with Crippen molar-refractivity contribution < 1.29 is 14.7 Å². The third-order valence-corrected chi connectivity index (χ3v) is 7.36. The first-order valence-electron chi connectivity index (χ1n) is 12.1. The van der Waals surface area contributed by atoms with Crippen molar-refractivity contribution in [3.8, 4) is 17.1 Å². The lowest BCUT2D eigenvalue weighted by Crippen LogP contribution is -2.21. The molecule has 0 radical (unpaired) electrons. The number of aromatic amines is 1. The lowest BCUT2D eigenvalue weighted by Gasteiger charge is -2.15. The molecule has 0 aliphatic rings. The fraction of sp³-hybridized carbons (Fsp3) is 0.111. The van der Waals surface area contributed by atoms with Crippen molar-refractivity contribution >= 4 is 55.8 Å². The molecule has 0 aliphatic carbocycles. The maximum Gasteiger partial charge on any atom is 0.277 e. The molecule has 0 unspecified atom stereocenters. The van der Waals surface area contributed by atoms with Crippen molar-refractivity contribution in [1.82, 2.24) is 35.6 Å². The zero-order chi connectivity index (χ0) is 27.6. The zero-order valence-corrected chi connectivity index (χ0v) is 22.2. The van der Waals surface area contributed by atoms with E-state index in [4.69, 9.17) is 19.9 Å². The smallest absolute Gasteiger partial charge is 0.277 e. The summed E-state index contributed by atoms with van der Waals surface area (Å²) in [4.78, 5) is 32.8. The average molecular weight is 554 g/mol. The normalized spacial score (nSPS) is 11.1. The molecule has 6 aromatic rings. The summed E-state index contributed by atoms with van der Waals surface area (Å²) in [6, 6.07) is 15.6. The molecule has 12 nitrogen and oxygen atoms in total. The second kappa shape index (κ2) is 10.6. The number of thiophene rings is 1. The molecule has 6 rings (SSSR count). The minimum Gasteiger partial charge on any atom is -0.495 e. The fourth-order valence-electron chi connectivity index (χ4n) is 4.31. The number of nitrogens with one attached hydrogen (secondary N) is 3. The van der Waals surface area contributed by atoms with Crippen LogP contribution in [0.25, 0.3) is 32.5 Å². The molecule has 4 N–H and O–H groups in total. The number of aromatic nitrogens is 6. The Balaban J connectivity index is 1.40. The number of nitrogens with zero attached hydrogens (tertiary/aromatic N) is 6. The maximum atomic E-state index is 11.6. The Morgan fingerprint density at radius 2 is 1.93 bits per heavy atom. The van der Waals surface area contributed by atoms with E-state index in [1.807, 2.05) is 60.5 Å². The van der Waals surface area contributed by atoms with Crippen molar-refractivity contribution in [3.63, 3.8) is 0 Å². The Hall–Kier alpha value is -5.14. The van der Waals surface area contributed by atoms with Crippen molar-refractivity contribution in [2.24, 2.45) is 0 Å². The predicted molar refractivity (Wildman–Crippen MR) is 152 cm³/mol. The Morgan fingerprint density at radius 3 is 2.73 bits per heavy atom. The lowest BCUT2D eigenvalue weighted by atomic mass is 10.1. The standard InChI is InChI=1S/C27H23N9O3S/c1-36(27-28-11-15(12-29-27)26(37)35-38)14-16-10-21-23(40-16)25(31-20-7-3-4-9-22(20)39-2)33-24(32-21)17-6-5-8-19-18(17)13-30-34-19/h3-13,38H,14H2,1-2H3,(H,30,34)(H,35,37)(H,31,32,33). The van der Waals surface area contributed by atoms with Gasteiger partial charge < -0.3 is 15.0 Å². The van der Waals surface area contributed by atoms with Gasteiger partial charge in [0.1, 0.15) is 5.75 Å². The summed E-state index contributed by atoms with van der Waals surface area (Å²) in [6.07, 6.45) is 4.49. The van der Waals surface area contributed by atoms with Crippen LogP contribution in [0.4, 0.5) is 17.5 Å². The second-order valence-corrected chi connectivity index (χ2v) is 9.99. The number of fused-ring (bicyclic) bond motifs is 2. The Morgan fingerprint density at radius 1 is 1.10 bits per heavy atom. The van der Waals surface area contributed by atoms with Gasteiger partial charge in [-0.25, -0.2) is 25.4 Å². The number of benzene rings is 2. The Bertz CT molecular complexity index is 1840. The van der Waals surface area contributed by atoms with Crippen LogP contribution in [-0.2, 0) is 6.54 Å². The van der Waals surface area contributed by atoms with Crippen LogP contribution in [0.2, 0.25) is 0 Å². The van der Waals surface area contributed by atoms with Crippen LogP contribution >= 0.6 is 11.3 Å². The molecular formula is C27H23N9O3S. The molecule has 0 atom stereocenters. The van der Waals surface area contributed by atoms with Gasteiger partial charge in [0.25, 0.3) is 5.91 Å². The molecule has 13 heteroatoms. The average Bonchev–Trinajstić information content (AvgIpc) is 3.64. The van der Waals surface area contributed by atoms with Crippen molar-refractivity contribution in [2.75, 3.05) is 24.4 Å². The summed E-state index contributed by atoms with van der Waals surface area (Å²) in [5.74, 6) is 1.67. The van der Waals surface area contributed by atoms with Gasteiger partial charge in [-0.05, 0) is 24.3 Å². The summed E-state index contributed by atoms with van der Waals surface area (Å²) in [6.45, 7) is 0.493. The fourth-order valence-corrected chi connectivity index (χ4v) is 5.40. The van der Waals surface area contributed by atoms with E-state index in [-0.39, 0.29) is 5.56 Å². The first-order valence-corrected chi connectivity index (χ1v) is 13.0. The summed E-state index contributed by atoms with van der Waals surface area (Å²) in [5, 5.41) is 20.4. The number of methoxy groups -OCH3 is 1. The Kier molecular flexibility index (Phi) is 6.64. The minimum atomic E-state index is -0.672. The first-order chi connectivity index (χ1) is 19.5. The van der Waals surface area contributed by atoms with E-state index < -0.39 is 5.91 Å². The molecule has 0 spiro atoms. The van der Waals surface area contributed by atoms with E-state index in [1.54, 1.807) is 30.1 Å². The van der Waals surface area contributed by atoms with Crippen molar-refractivity contribution in [1.29, 1.82) is 0 Å². The number of hydroxylamine groups is 1. The van der Waals surface area contributed by atoms with E-state index in [2.05, 4.69) is 25.5 Å². The molecule has 0 saturated heterocycles. The molecule has 0 bridgehead atoms. The highest BCUT2D eigenvalue weighted by Crippen LogP contribution is 2.37. The molecule has 2 aromatic carbocycles. The minimum absolute atomic E-state index is 0.156. The number of anilines is 3. The van der Waals surface area contributed by atoms with Gasteiger partial charge in [0.2, 0.25) is 5.95 Å². The van der Waals surface area contributed by atoms with Crippen LogP contribution < -0.4 is 20.4 Å². The monoisotopic (exact) mass is 553 g/mol. The highest BCUT2D eigenvalue weighted by atomic mass is 32.1. The van der Waals surface area contributed by atoms with Crippen LogP contribution in [0.1, 0.15) is 15.2 Å². The van der Waals surface area contributed by atoms with E-state index in [0.717, 1.165) is 37.2 Å². The van der Waals surface area contributed by atoms with E-state index in [0.29, 0.717) is 29.9 Å². The van der Waals surface area contributed by atoms with Crippen LogP contribution in [0, 0.1) is 0 Å². The van der Waals surface area contributed by atoms with Gasteiger partial charge in [-0.2, -0.15) is 5.10 Å². The van der Waals surface area contributed by atoms with Gasteiger partial charge in [0, 0.05) is 35.3 Å². The van der Waals surface area contributed by atoms with Crippen molar-refractivity contribution in [3.05, 3.63) is 77.6 Å². The van der Waals surface area contributed by atoms with E-state index in [1.165, 1.54) is 12.4 Å². The summed E-state index contributed by atoms with van der Waals surface area (Å²) < 4.78 is 6.44. The second-order valence-electron chi connectivity index (χ2n) is 8.85. The molecule has 1 amide bonds. The number of ether oxygens (including phenoxy) is 1. The number of rotatable bonds is 8. The van der Waals surface area contributed by atoms with Gasteiger partial charge >= 0.3 is 0 Å². The van der Waals surface area contributed by atoms with E-state index in [9.17, 15) is 4.79 Å². The Labute approximate surface area is 231 Å². The third kappa shape index (κ3) is 4.74. The van der Waals surface area contributed by atoms with Gasteiger partial charge in [-0.3, -0.25) is 15.1 Å². The molecular weight excluding hydrogens is 530 g/mol. The van der Waals surface area contributed by atoms with Crippen LogP contribution in [0.5, 0.6) is 5.75 Å². The first kappa shape index (κ1) is 25.2. The molecule has 0 saturated carbocycles. The summed E-state index contributed by atoms with van der Waals surface area (Å²) >= 11 is 1.56.